The Morgan fingerprint density at radius 3 is 2.59 bits per heavy atom. The maximum absolute atomic E-state index is 12.8. The molecule has 0 radical (unpaired) electrons. The Bertz CT molecular complexity index is 818. The van der Waals surface area contributed by atoms with Gasteiger partial charge in [0.05, 0.1) is 23.2 Å². The normalized spacial score (nSPS) is 16.7. The first-order valence-electron chi connectivity index (χ1n) is 9.38. The lowest BCUT2D eigenvalue weighted by molar-refractivity contribution is 0.0877. The zero-order valence-corrected chi connectivity index (χ0v) is 17.0. The number of likely N-dealkylation sites (tertiary alicyclic amines) is 1. The highest BCUT2D eigenvalue weighted by atomic mass is 35.5. The molecule has 0 saturated carbocycles. The Labute approximate surface area is 166 Å². The summed E-state index contributed by atoms with van der Waals surface area (Å²) in [6.07, 6.45) is 2.38. The molecule has 27 heavy (non-hydrogen) atoms. The molecule has 144 valence electrons. The van der Waals surface area contributed by atoms with Crippen LogP contribution in [0.2, 0.25) is 5.02 Å². The van der Waals surface area contributed by atoms with E-state index in [4.69, 9.17) is 16.3 Å². The van der Waals surface area contributed by atoms with E-state index in [9.17, 15) is 4.79 Å². The van der Waals surface area contributed by atoms with E-state index in [0.717, 1.165) is 13.1 Å². The van der Waals surface area contributed by atoms with Crippen molar-refractivity contribution >= 4 is 17.5 Å². The fourth-order valence-corrected chi connectivity index (χ4v) is 4.12. The minimum absolute atomic E-state index is 0.182. The number of hydrogen-bond donors (Lipinski definition) is 1. The summed E-state index contributed by atoms with van der Waals surface area (Å²) in [6.45, 7) is 6.95. The molecule has 0 aromatic heterocycles. The van der Waals surface area contributed by atoms with Gasteiger partial charge in [0, 0.05) is 6.54 Å². The monoisotopic (exact) mass is 386 g/mol. The summed E-state index contributed by atoms with van der Waals surface area (Å²) < 4.78 is 5.22. The maximum atomic E-state index is 12.8. The van der Waals surface area contributed by atoms with Crippen LogP contribution in [0.15, 0.2) is 42.5 Å². The molecule has 1 aliphatic heterocycles. The molecule has 1 amide bonds. The van der Waals surface area contributed by atoms with Crippen LogP contribution in [0, 0.1) is 6.92 Å². The highest BCUT2D eigenvalue weighted by molar-refractivity contribution is 6.33. The molecule has 1 unspecified atom stereocenters. The number of carbonyl (C=O) groups excluding carboxylic acids is 1. The summed E-state index contributed by atoms with van der Waals surface area (Å²) >= 11 is 6.24. The summed E-state index contributed by atoms with van der Waals surface area (Å²) in [6, 6.07) is 13.5. The van der Waals surface area contributed by atoms with Crippen LogP contribution in [0.5, 0.6) is 5.75 Å². The lowest BCUT2D eigenvalue weighted by atomic mass is 9.86. The number of nitrogens with one attached hydrogen (secondary N) is 1. The van der Waals surface area contributed by atoms with E-state index in [1.54, 1.807) is 25.3 Å². The SMILES string of the molecule is COc1ccc(Cl)c(C(=O)NCC(C)(c2ccccc2C)N2CCCC2)c1. The topological polar surface area (TPSA) is 41.6 Å². The number of nitrogens with zero attached hydrogens (tertiary/aromatic N) is 1. The number of ether oxygens (including phenoxy) is 1. The second-order valence-electron chi connectivity index (χ2n) is 7.31. The predicted octanol–water partition coefficient (Wildman–Crippen LogP) is 4.40. The van der Waals surface area contributed by atoms with Gasteiger partial charge >= 0.3 is 0 Å². The Morgan fingerprint density at radius 2 is 1.93 bits per heavy atom. The van der Waals surface area contributed by atoms with E-state index in [1.807, 2.05) is 0 Å². The molecule has 1 fully saturated rings. The number of rotatable bonds is 6. The molecular formula is C22H27ClN2O2. The van der Waals surface area contributed by atoms with Crippen LogP contribution in [-0.4, -0.2) is 37.6 Å². The highest BCUT2D eigenvalue weighted by Crippen LogP contribution is 2.33. The van der Waals surface area contributed by atoms with E-state index in [2.05, 4.69) is 48.3 Å². The van der Waals surface area contributed by atoms with E-state index in [-0.39, 0.29) is 11.4 Å². The second kappa shape index (κ2) is 8.32. The summed E-state index contributed by atoms with van der Waals surface area (Å²) in [7, 11) is 1.58. The molecule has 1 aliphatic rings. The number of methoxy groups -OCH3 is 1. The number of hydrogen-bond acceptors (Lipinski definition) is 3. The first-order chi connectivity index (χ1) is 13.0. The fourth-order valence-electron chi connectivity index (χ4n) is 3.92. The van der Waals surface area contributed by atoms with Crippen molar-refractivity contribution in [1.82, 2.24) is 10.2 Å². The minimum atomic E-state index is -0.261. The number of aryl methyl sites for hydroxylation is 1. The van der Waals surface area contributed by atoms with Crippen LogP contribution in [-0.2, 0) is 5.54 Å². The molecule has 2 aromatic rings. The van der Waals surface area contributed by atoms with Gasteiger partial charge in [0.1, 0.15) is 5.75 Å². The smallest absolute Gasteiger partial charge is 0.253 e. The molecule has 5 heteroatoms. The maximum Gasteiger partial charge on any atom is 0.253 e. The third-order valence-corrected chi connectivity index (χ3v) is 5.87. The molecule has 1 heterocycles. The first-order valence-corrected chi connectivity index (χ1v) is 9.76. The number of benzene rings is 2. The quantitative estimate of drug-likeness (QED) is 0.800. The predicted molar refractivity (Wildman–Crippen MR) is 110 cm³/mol. The van der Waals surface area contributed by atoms with Crippen molar-refractivity contribution in [2.75, 3.05) is 26.7 Å². The summed E-state index contributed by atoms with van der Waals surface area (Å²) in [5.41, 5.74) is 2.66. The van der Waals surface area contributed by atoms with Crippen LogP contribution < -0.4 is 10.1 Å². The van der Waals surface area contributed by atoms with Crippen LogP contribution in [0.25, 0.3) is 0 Å². The number of halogens is 1. The Morgan fingerprint density at radius 1 is 1.22 bits per heavy atom. The molecular weight excluding hydrogens is 360 g/mol. The van der Waals surface area contributed by atoms with Gasteiger partial charge in [-0.2, -0.15) is 0 Å². The molecule has 4 nitrogen and oxygen atoms in total. The van der Waals surface area contributed by atoms with Crippen molar-refractivity contribution in [3.63, 3.8) is 0 Å². The Kier molecular flexibility index (Phi) is 6.08. The first kappa shape index (κ1) is 19.7. The molecule has 2 aromatic carbocycles. The van der Waals surface area contributed by atoms with Gasteiger partial charge in [-0.05, 0) is 69.1 Å². The van der Waals surface area contributed by atoms with Gasteiger partial charge < -0.3 is 10.1 Å². The molecule has 0 bridgehead atoms. The average molecular weight is 387 g/mol. The molecule has 0 spiro atoms. The van der Waals surface area contributed by atoms with Gasteiger partial charge in [0.25, 0.3) is 5.91 Å². The van der Waals surface area contributed by atoms with Crippen molar-refractivity contribution in [2.45, 2.75) is 32.2 Å². The van der Waals surface area contributed by atoms with Gasteiger partial charge in [-0.15, -0.1) is 0 Å². The average Bonchev–Trinajstić information content (AvgIpc) is 3.22. The van der Waals surface area contributed by atoms with E-state index in [1.165, 1.54) is 24.0 Å². The van der Waals surface area contributed by atoms with Crippen molar-refractivity contribution < 1.29 is 9.53 Å². The third kappa shape index (κ3) is 4.12. The standard InChI is InChI=1S/C22H27ClN2O2/c1-16-8-4-5-9-19(16)22(2,25-12-6-7-13-25)15-24-21(26)18-14-17(27-3)10-11-20(18)23/h4-5,8-11,14H,6-7,12-13,15H2,1-3H3,(H,24,26). The molecule has 1 atom stereocenters. The third-order valence-electron chi connectivity index (χ3n) is 5.54. The summed E-state index contributed by atoms with van der Waals surface area (Å²) in [4.78, 5) is 15.3. The summed E-state index contributed by atoms with van der Waals surface area (Å²) in [5.74, 6) is 0.434. The molecule has 0 aliphatic carbocycles. The second-order valence-corrected chi connectivity index (χ2v) is 7.72. The number of carbonyl (C=O) groups is 1. The van der Waals surface area contributed by atoms with E-state index in [0.29, 0.717) is 22.9 Å². The summed E-state index contributed by atoms with van der Waals surface area (Å²) in [5, 5.41) is 3.54. The van der Waals surface area contributed by atoms with Crippen LogP contribution in [0.1, 0.15) is 41.3 Å². The van der Waals surface area contributed by atoms with Gasteiger partial charge in [-0.1, -0.05) is 35.9 Å². The largest absolute Gasteiger partial charge is 0.497 e. The lowest BCUT2D eigenvalue weighted by Crippen LogP contribution is -2.50. The molecule has 1 saturated heterocycles. The van der Waals surface area contributed by atoms with Gasteiger partial charge in [0.15, 0.2) is 0 Å². The Hall–Kier alpha value is -2.04. The zero-order valence-electron chi connectivity index (χ0n) is 16.2. The van der Waals surface area contributed by atoms with Crippen molar-refractivity contribution in [1.29, 1.82) is 0 Å². The zero-order chi connectivity index (χ0) is 19.4. The van der Waals surface area contributed by atoms with Crippen LogP contribution in [0.3, 0.4) is 0 Å². The van der Waals surface area contributed by atoms with Crippen molar-refractivity contribution in [3.05, 3.63) is 64.2 Å². The van der Waals surface area contributed by atoms with Gasteiger partial charge in [0.2, 0.25) is 0 Å². The van der Waals surface area contributed by atoms with E-state index < -0.39 is 0 Å². The van der Waals surface area contributed by atoms with Gasteiger partial charge in [-0.25, -0.2) is 0 Å². The van der Waals surface area contributed by atoms with Gasteiger partial charge in [-0.3, -0.25) is 9.69 Å². The molecule has 3 rings (SSSR count). The van der Waals surface area contributed by atoms with Crippen molar-refractivity contribution in [3.8, 4) is 5.75 Å². The van der Waals surface area contributed by atoms with Crippen molar-refractivity contribution in [2.24, 2.45) is 0 Å². The fraction of sp³-hybridized carbons (Fsp3) is 0.409. The molecule has 1 N–H and O–H groups in total. The Balaban J connectivity index is 1.85. The van der Waals surface area contributed by atoms with Crippen LogP contribution in [0.4, 0.5) is 0 Å². The highest BCUT2D eigenvalue weighted by Gasteiger charge is 2.36. The number of amides is 1. The van der Waals surface area contributed by atoms with E-state index >= 15 is 0 Å². The van der Waals surface area contributed by atoms with Crippen LogP contribution >= 0.6 is 11.6 Å². The lowest BCUT2D eigenvalue weighted by Gasteiger charge is -2.40. The minimum Gasteiger partial charge on any atom is -0.497 e.